The zero-order valence-electron chi connectivity index (χ0n) is 18.9. The molecular weight excluding hydrogens is 392 g/mol. The van der Waals surface area contributed by atoms with Crippen molar-refractivity contribution >= 4 is 17.4 Å². The Hall–Kier alpha value is -2.86. The molecule has 0 spiro atoms. The number of esters is 1. The van der Waals surface area contributed by atoms with Crippen LogP contribution in [0.4, 0.5) is 5.69 Å². The molecule has 0 aliphatic carbocycles. The second-order valence-corrected chi connectivity index (χ2v) is 8.17. The van der Waals surface area contributed by atoms with Gasteiger partial charge in [0.05, 0.1) is 5.56 Å². The van der Waals surface area contributed by atoms with E-state index in [-0.39, 0.29) is 18.4 Å². The topological polar surface area (TPSA) is 59.1 Å². The fourth-order valence-corrected chi connectivity index (χ4v) is 4.04. The zero-order valence-corrected chi connectivity index (χ0v) is 18.9. The number of Topliss-reactive ketones (excluding diaryl/α,β-unsaturated/α-hetero) is 1. The summed E-state index contributed by atoms with van der Waals surface area (Å²) in [5.74, 6) is 0.136. The molecule has 1 fully saturated rings. The van der Waals surface area contributed by atoms with E-state index in [1.807, 2.05) is 12.1 Å². The Morgan fingerprint density at radius 1 is 1.00 bits per heavy atom. The second kappa shape index (κ2) is 10.4. The predicted molar refractivity (Wildman–Crippen MR) is 122 cm³/mol. The van der Waals surface area contributed by atoms with Gasteiger partial charge in [0.15, 0.2) is 5.78 Å². The van der Waals surface area contributed by atoms with Gasteiger partial charge in [0.2, 0.25) is 0 Å². The Morgan fingerprint density at radius 3 is 2.35 bits per heavy atom. The van der Waals surface area contributed by atoms with Crippen LogP contribution < -0.4 is 9.64 Å². The van der Waals surface area contributed by atoms with Gasteiger partial charge in [-0.25, -0.2) is 0 Å². The Labute approximate surface area is 184 Å². The standard InChI is InChI=1S/C25H32N2O4/c1-18-9-10-24(19(2)15-18)27-13-11-26(12-14-27)16-22(31-21(4)29)17-30-25-8-6-5-7-23(25)20(3)28/h5-10,15,22H,11-14,16-17H2,1-4H3. The van der Waals surface area contributed by atoms with E-state index in [2.05, 4.69) is 41.8 Å². The maximum atomic E-state index is 11.8. The van der Waals surface area contributed by atoms with Crippen molar-refractivity contribution in [3.63, 3.8) is 0 Å². The average molecular weight is 425 g/mol. The maximum Gasteiger partial charge on any atom is 0.303 e. The van der Waals surface area contributed by atoms with E-state index in [0.29, 0.717) is 17.9 Å². The smallest absolute Gasteiger partial charge is 0.303 e. The van der Waals surface area contributed by atoms with Gasteiger partial charge in [-0.2, -0.15) is 0 Å². The van der Waals surface area contributed by atoms with E-state index < -0.39 is 6.10 Å². The SMILES string of the molecule is CC(=O)OC(COc1ccccc1C(C)=O)CN1CCN(c2ccc(C)cc2C)CC1. The number of rotatable bonds is 8. The molecule has 1 atom stereocenters. The summed E-state index contributed by atoms with van der Waals surface area (Å²) in [4.78, 5) is 28.2. The molecule has 0 N–H and O–H groups in total. The highest BCUT2D eigenvalue weighted by atomic mass is 16.6. The molecule has 0 aromatic heterocycles. The first-order chi connectivity index (χ1) is 14.8. The number of anilines is 1. The predicted octanol–water partition coefficient (Wildman–Crippen LogP) is 3.64. The van der Waals surface area contributed by atoms with E-state index in [1.165, 1.54) is 30.7 Å². The fourth-order valence-electron chi connectivity index (χ4n) is 4.04. The Bertz CT molecular complexity index is 919. The molecule has 0 radical (unpaired) electrons. The van der Waals surface area contributed by atoms with Gasteiger partial charge >= 0.3 is 5.97 Å². The lowest BCUT2D eigenvalue weighted by molar-refractivity contribution is -0.148. The molecule has 1 heterocycles. The van der Waals surface area contributed by atoms with Gasteiger partial charge in [0.1, 0.15) is 18.5 Å². The minimum absolute atomic E-state index is 0.0536. The van der Waals surface area contributed by atoms with Gasteiger partial charge in [0.25, 0.3) is 0 Å². The number of ether oxygens (including phenoxy) is 2. The van der Waals surface area contributed by atoms with E-state index in [9.17, 15) is 9.59 Å². The average Bonchev–Trinajstić information content (AvgIpc) is 2.72. The van der Waals surface area contributed by atoms with Crippen molar-refractivity contribution < 1.29 is 19.1 Å². The lowest BCUT2D eigenvalue weighted by atomic mass is 10.1. The third kappa shape index (κ3) is 6.31. The minimum Gasteiger partial charge on any atom is -0.489 e. The molecule has 2 aromatic rings. The number of hydrogen-bond donors (Lipinski definition) is 0. The number of para-hydroxylation sites is 1. The quantitative estimate of drug-likeness (QED) is 0.476. The van der Waals surface area contributed by atoms with Crippen molar-refractivity contribution in [3.8, 4) is 5.75 Å². The second-order valence-electron chi connectivity index (χ2n) is 8.17. The van der Waals surface area contributed by atoms with Gasteiger partial charge in [0, 0.05) is 45.3 Å². The van der Waals surface area contributed by atoms with E-state index in [4.69, 9.17) is 9.47 Å². The zero-order chi connectivity index (χ0) is 22.4. The summed E-state index contributed by atoms with van der Waals surface area (Å²) in [5.41, 5.74) is 4.39. The van der Waals surface area contributed by atoms with E-state index in [1.54, 1.807) is 12.1 Å². The molecule has 6 heteroatoms. The van der Waals surface area contributed by atoms with Crippen LogP contribution in [-0.2, 0) is 9.53 Å². The first kappa shape index (κ1) is 22.8. The molecule has 6 nitrogen and oxygen atoms in total. The summed E-state index contributed by atoms with van der Waals surface area (Å²) >= 11 is 0. The van der Waals surface area contributed by atoms with Gasteiger partial charge in [-0.15, -0.1) is 0 Å². The summed E-state index contributed by atoms with van der Waals surface area (Å²) in [7, 11) is 0. The molecule has 1 aliphatic rings. The normalized spacial score (nSPS) is 15.4. The number of hydrogen-bond acceptors (Lipinski definition) is 6. The number of nitrogens with zero attached hydrogens (tertiary/aromatic N) is 2. The lowest BCUT2D eigenvalue weighted by Gasteiger charge is -2.38. The van der Waals surface area contributed by atoms with Crippen LogP contribution in [0.3, 0.4) is 0 Å². The van der Waals surface area contributed by atoms with Crippen LogP contribution in [0.25, 0.3) is 0 Å². The molecule has 0 amide bonds. The van der Waals surface area contributed by atoms with Crippen molar-refractivity contribution in [2.24, 2.45) is 0 Å². The number of carbonyl (C=O) groups excluding carboxylic acids is 2. The van der Waals surface area contributed by atoms with Crippen LogP contribution in [0, 0.1) is 13.8 Å². The monoisotopic (exact) mass is 424 g/mol. The highest BCUT2D eigenvalue weighted by Gasteiger charge is 2.23. The van der Waals surface area contributed by atoms with Crippen molar-refractivity contribution in [1.82, 2.24) is 4.90 Å². The Kier molecular flexibility index (Phi) is 7.69. The number of carbonyl (C=O) groups is 2. The number of benzene rings is 2. The van der Waals surface area contributed by atoms with Crippen LogP contribution in [0.2, 0.25) is 0 Å². The van der Waals surface area contributed by atoms with Crippen molar-refractivity contribution in [3.05, 3.63) is 59.2 Å². The van der Waals surface area contributed by atoms with E-state index in [0.717, 1.165) is 26.2 Å². The first-order valence-electron chi connectivity index (χ1n) is 10.8. The van der Waals surface area contributed by atoms with Gasteiger partial charge in [-0.3, -0.25) is 14.5 Å². The number of aryl methyl sites for hydroxylation is 2. The lowest BCUT2D eigenvalue weighted by Crippen LogP contribution is -2.50. The minimum atomic E-state index is -0.398. The van der Waals surface area contributed by atoms with Crippen LogP contribution in [-0.4, -0.2) is 62.1 Å². The molecule has 0 saturated carbocycles. The summed E-state index contributed by atoms with van der Waals surface area (Å²) in [6.45, 7) is 11.6. The van der Waals surface area contributed by atoms with Crippen LogP contribution in [0.5, 0.6) is 5.75 Å². The van der Waals surface area contributed by atoms with Gasteiger partial charge < -0.3 is 14.4 Å². The molecular formula is C25H32N2O4. The summed E-state index contributed by atoms with van der Waals surface area (Å²) < 4.78 is 11.4. The van der Waals surface area contributed by atoms with Gasteiger partial charge in [-0.05, 0) is 44.5 Å². The van der Waals surface area contributed by atoms with Crippen molar-refractivity contribution in [1.29, 1.82) is 0 Å². The Balaban J connectivity index is 1.58. The van der Waals surface area contributed by atoms with Crippen molar-refractivity contribution in [2.75, 3.05) is 44.2 Å². The number of ketones is 1. The highest BCUT2D eigenvalue weighted by molar-refractivity contribution is 5.96. The summed E-state index contributed by atoms with van der Waals surface area (Å²) in [5, 5.41) is 0. The molecule has 3 rings (SSSR count). The van der Waals surface area contributed by atoms with Gasteiger partial charge in [-0.1, -0.05) is 29.8 Å². The third-order valence-electron chi connectivity index (χ3n) is 5.55. The maximum absolute atomic E-state index is 11.8. The summed E-state index contributed by atoms with van der Waals surface area (Å²) in [6.07, 6.45) is -0.398. The molecule has 166 valence electrons. The van der Waals surface area contributed by atoms with Crippen LogP contribution in [0.1, 0.15) is 35.3 Å². The molecule has 1 unspecified atom stereocenters. The molecule has 1 aliphatic heterocycles. The fraction of sp³-hybridized carbons (Fsp3) is 0.440. The molecule has 1 saturated heterocycles. The summed E-state index contributed by atoms with van der Waals surface area (Å²) in [6, 6.07) is 13.7. The molecule has 2 aromatic carbocycles. The van der Waals surface area contributed by atoms with Crippen molar-refractivity contribution in [2.45, 2.75) is 33.8 Å². The Morgan fingerprint density at radius 2 is 1.71 bits per heavy atom. The number of piperazine rings is 1. The van der Waals surface area contributed by atoms with Crippen LogP contribution in [0.15, 0.2) is 42.5 Å². The first-order valence-corrected chi connectivity index (χ1v) is 10.8. The highest BCUT2D eigenvalue weighted by Crippen LogP contribution is 2.23. The molecule has 31 heavy (non-hydrogen) atoms. The van der Waals surface area contributed by atoms with Crippen LogP contribution >= 0.6 is 0 Å². The van der Waals surface area contributed by atoms with E-state index >= 15 is 0 Å². The largest absolute Gasteiger partial charge is 0.489 e. The molecule has 0 bridgehead atoms. The third-order valence-corrected chi connectivity index (χ3v) is 5.55.